The molecule has 0 aliphatic heterocycles. The normalized spacial score (nSPS) is 12.1. The summed E-state index contributed by atoms with van der Waals surface area (Å²) in [5.41, 5.74) is 2.00. The summed E-state index contributed by atoms with van der Waals surface area (Å²) in [7, 11) is 0. The topological polar surface area (TPSA) is 79.5 Å². The summed E-state index contributed by atoms with van der Waals surface area (Å²) in [4.78, 5) is 9.27. The Morgan fingerprint density at radius 1 is 1.27 bits per heavy atom. The number of hydrogen-bond acceptors (Lipinski definition) is 5. The summed E-state index contributed by atoms with van der Waals surface area (Å²) >= 11 is 1.67. The molecule has 0 saturated carbocycles. The highest BCUT2D eigenvalue weighted by Crippen LogP contribution is 2.18. The van der Waals surface area contributed by atoms with Gasteiger partial charge in [-0.25, -0.2) is 9.98 Å². The number of pyridine rings is 1. The fourth-order valence-electron chi connectivity index (χ4n) is 2.51. The molecule has 3 heterocycles. The standard InChI is InChI=1S/C18H25N7S/c1-4-19-18(21-11-17-22-14(12-26-17)13(2)3)20-9-8-16-24-23-15-7-5-6-10-25(15)16/h5-7,10,12-13H,4,8-9,11H2,1-3H3,(H2,19,20,21). The van der Waals surface area contributed by atoms with Crippen molar-refractivity contribution < 1.29 is 0 Å². The zero-order chi connectivity index (χ0) is 18.4. The van der Waals surface area contributed by atoms with E-state index in [1.165, 1.54) is 0 Å². The van der Waals surface area contributed by atoms with Gasteiger partial charge in [0.05, 0.1) is 12.2 Å². The van der Waals surface area contributed by atoms with Crippen molar-refractivity contribution >= 4 is 22.9 Å². The highest BCUT2D eigenvalue weighted by molar-refractivity contribution is 7.09. The van der Waals surface area contributed by atoms with Crippen LogP contribution in [0.1, 0.15) is 43.2 Å². The van der Waals surface area contributed by atoms with Crippen LogP contribution in [0.2, 0.25) is 0 Å². The van der Waals surface area contributed by atoms with E-state index in [1.807, 2.05) is 28.8 Å². The van der Waals surface area contributed by atoms with Gasteiger partial charge in [-0.3, -0.25) is 4.40 Å². The van der Waals surface area contributed by atoms with E-state index >= 15 is 0 Å². The van der Waals surface area contributed by atoms with Crippen LogP contribution in [0, 0.1) is 0 Å². The molecule has 3 aromatic heterocycles. The van der Waals surface area contributed by atoms with Crippen LogP contribution in [0.3, 0.4) is 0 Å². The van der Waals surface area contributed by atoms with Crippen molar-refractivity contribution in [3.05, 3.63) is 46.3 Å². The summed E-state index contributed by atoms with van der Waals surface area (Å²) < 4.78 is 2.01. The van der Waals surface area contributed by atoms with E-state index in [9.17, 15) is 0 Å². The lowest BCUT2D eigenvalue weighted by molar-refractivity contribution is 0.761. The van der Waals surface area contributed by atoms with Gasteiger partial charge in [0.2, 0.25) is 0 Å². The highest BCUT2D eigenvalue weighted by atomic mass is 32.1. The third-order valence-electron chi connectivity index (χ3n) is 3.90. The summed E-state index contributed by atoms with van der Waals surface area (Å²) in [5, 5.41) is 18.2. The molecule has 0 unspecified atom stereocenters. The Bertz CT molecular complexity index is 865. The van der Waals surface area contributed by atoms with Crippen molar-refractivity contribution in [3.8, 4) is 0 Å². The fourth-order valence-corrected chi connectivity index (χ4v) is 3.38. The van der Waals surface area contributed by atoms with Crippen LogP contribution < -0.4 is 10.6 Å². The Hall–Kier alpha value is -2.48. The van der Waals surface area contributed by atoms with Crippen LogP contribution in [0.4, 0.5) is 0 Å². The lowest BCUT2D eigenvalue weighted by Crippen LogP contribution is -2.38. The maximum atomic E-state index is 4.64. The van der Waals surface area contributed by atoms with Crippen LogP contribution in [0.15, 0.2) is 34.8 Å². The zero-order valence-electron chi connectivity index (χ0n) is 15.4. The van der Waals surface area contributed by atoms with Gasteiger partial charge in [0.1, 0.15) is 10.8 Å². The van der Waals surface area contributed by atoms with Gasteiger partial charge in [0.25, 0.3) is 0 Å². The maximum absolute atomic E-state index is 4.64. The number of aliphatic imine (C=N–C) groups is 1. The molecule has 0 aliphatic carbocycles. The second kappa shape index (κ2) is 8.75. The molecule has 0 amide bonds. The Morgan fingerprint density at radius 2 is 2.15 bits per heavy atom. The van der Waals surface area contributed by atoms with Crippen molar-refractivity contribution in [2.45, 2.75) is 39.7 Å². The Balaban J connectivity index is 1.57. The minimum absolute atomic E-state index is 0.452. The number of fused-ring (bicyclic) bond motifs is 1. The molecule has 3 rings (SSSR count). The van der Waals surface area contributed by atoms with Crippen LogP contribution in [-0.4, -0.2) is 38.6 Å². The average molecular weight is 372 g/mol. The lowest BCUT2D eigenvalue weighted by atomic mass is 10.2. The van der Waals surface area contributed by atoms with Gasteiger partial charge < -0.3 is 10.6 Å². The number of aromatic nitrogens is 4. The first-order chi connectivity index (χ1) is 12.7. The monoisotopic (exact) mass is 371 g/mol. The van der Waals surface area contributed by atoms with Crippen LogP contribution in [0.25, 0.3) is 5.65 Å². The first-order valence-electron chi connectivity index (χ1n) is 8.92. The van der Waals surface area contributed by atoms with Gasteiger partial charge in [0, 0.05) is 31.1 Å². The van der Waals surface area contributed by atoms with E-state index in [4.69, 9.17) is 0 Å². The molecular formula is C18H25N7S. The second-order valence-electron chi connectivity index (χ2n) is 6.24. The van der Waals surface area contributed by atoms with Crippen LogP contribution in [-0.2, 0) is 13.0 Å². The molecule has 8 heteroatoms. The summed E-state index contributed by atoms with van der Waals surface area (Å²) in [6.45, 7) is 8.50. The molecule has 7 nitrogen and oxygen atoms in total. The Labute approximate surface area is 157 Å². The lowest BCUT2D eigenvalue weighted by Gasteiger charge is -2.10. The Morgan fingerprint density at radius 3 is 2.92 bits per heavy atom. The number of nitrogens with zero attached hydrogens (tertiary/aromatic N) is 5. The van der Waals surface area contributed by atoms with Crippen molar-refractivity contribution in [3.63, 3.8) is 0 Å². The van der Waals surface area contributed by atoms with E-state index in [-0.39, 0.29) is 0 Å². The molecule has 26 heavy (non-hydrogen) atoms. The molecule has 0 saturated heterocycles. The number of hydrogen-bond donors (Lipinski definition) is 2. The van der Waals surface area contributed by atoms with Gasteiger partial charge in [-0.15, -0.1) is 21.5 Å². The second-order valence-corrected chi connectivity index (χ2v) is 7.18. The number of nitrogens with one attached hydrogen (secondary N) is 2. The first-order valence-corrected chi connectivity index (χ1v) is 9.80. The minimum atomic E-state index is 0.452. The zero-order valence-corrected chi connectivity index (χ0v) is 16.3. The van der Waals surface area contributed by atoms with E-state index in [2.05, 4.69) is 57.0 Å². The molecule has 0 aromatic carbocycles. The SMILES string of the molecule is CCNC(=NCc1nc(C(C)C)cs1)NCCc1nnc2ccccn12. The number of thiazole rings is 1. The van der Waals surface area contributed by atoms with Crippen molar-refractivity contribution in [2.75, 3.05) is 13.1 Å². The molecule has 138 valence electrons. The van der Waals surface area contributed by atoms with E-state index < -0.39 is 0 Å². The van der Waals surface area contributed by atoms with E-state index in [1.54, 1.807) is 11.3 Å². The number of rotatable bonds is 7. The van der Waals surface area contributed by atoms with Gasteiger partial charge in [0.15, 0.2) is 11.6 Å². The van der Waals surface area contributed by atoms with E-state index in [0.717, 1.165) is 47.6 Å². The smallest absolute Gasteiger partial charge is 0.191 e. The maximum Gasteiger partial charge on any atom is 0.191 e. The minimum Gasteiger partial charge on any atom is -0.357 e. The first kappa shape index (κ1) is 18.3. The summed E-state index contributed by atoms with van der Waals surface area (Å²) in [6, 6.07) is 5.90. The van der Waals surface area contributed by atoms with Gasteiger partial charge in [-0.1, -0.05) is 19.9 Å². The highest BCUT2D eigenvalue weighted by Gasteiger charge is 2.07. The number of guanidine groups is 1. The largest absolute Gasteiger partial charge is 0.357 e. The molecule has 3 aromatic rings. The summed E-state index contributed by atoms with van der Waals surface area (Å²) in [6.07, 6.45) is 2.75. The molecule has 0 aliphatic rings. The quantitative estimate of drug-likeness (QED) is 0.493. The van der Waals surface area contributed by atoms with Gasteiger partial charge in [-0.2, -0.15) is 0 Å². The Kier molecular flexibility index (Phi) is 6.17. The third-order valence-corrected chi connectivity index (χ3v) is 4.75. The van der Waals surface area contributed by atoms with Crippen molar-refractivity contribution in [1.29, 1.82) is 0 Å². The predicted octanol–water partition coefficient (Wildman–Crippen LogP) is 2.61. The average Bonchev–Trinajstić information content (AvgIpc) is 3.27. The van der Waals surface area contributed by atoms with E-state index in [0.29, 0.717) is 12.5 Å². The molecule has 0 atom stereocenters. The molecule has 0 fully saturated rings. The van der Waals surface area contributed by atoms with Gasteiger partial charge >= 0.3 is 0 Å². The molecule has 0 bridgehead atoms. The molecular weight excluding hydrogens is 346 g/mol. The third kappa shape index (κ3) is 4.57. The molecule has 2 N–H and O–H groups in total. The van der Waals surface area contributed by atoms with Crippen LogP contribution >= 0.6 is 11.3 Å². The van der Waals surface area contributed by atoms with Gasteiger partial charge in [-0.05, 0) is 25.0 Å². The molecule has 0 radical (unpaired) electrons. The molecule has 0 spiro atoms. The van der Waals surface area contributed by atoms with Crippen molar-refractivity contribution in [1.82, 2.24) is 30.2 Å². The van der Waals surface area contributed by atoms with Crippen molar-refractivity contribution in [2.24, 2.45) is 4.99 Å². The fraction of sp³-hybridized carbons (Fsp3) is 0.444. The van der Waals surface area contributed by atoms with Crippen LogP contribution in [0.5, 0.6) is 0 Å². The summed E-state index contributed by atoms with van der Waals surface area (Å²) in [5.74, 6) is 2.18. The predicted molar refractivity (Wildman–Crippen MR) is 106 cm³/mol.